The fraction of sp³-hybridized carbons (Fsp3) is 0.250. The van der Waals surface area contributed by atoms with Crippen LogP contribution in [0.15, 0.2) is 42.0 Å². The van der Waals surface area contributed by atoms with E-state index in [9.17, 15) is 23.1 Å². The summed E-state index contributed by atoms with van der Waals surface area (Å²) in [5.74, 6) is -0.315. The number of piperazine rings is 1. The summed E-state index contributed by atoms with van der Waals surface area (Å²) in [5.41, 5.74) is 1.46. The van der Waals surface area contributed by atoms with Crippen molar-refractivity contribution in [1.29, 1.82) is 0 Å². The molecule has 0 aliphatic carbocycles. The molecule has 0 bridgehead atoms. The van der Waals surface area contributed by atoms with Gasteiger partial charge in [0.05, 0.1) is 17.3 Å². The average Bonchev–Trinajstić information content (AvgIpc) is 3.28. The third kappa shape index (κ3) is 5.43. The average molecular weight is 489 g/mol. The van der Waals surface area contributed by atoms with E-state index in [1.165, 1.54) is 23.6 Å². The van der Waals surface area contributed by atoms with Gasteiger partial charge >= 0.3 is 0 Å². The number of hydrogen-bond acceptors (Lipinski definition) is 10. The summed E-state index contributed by atoms with van der Waals surface area (Å²) in [7, 11) is -3.68. The highest BCUT2D eigenvalue weighted by atomic mass is 32.2. The minimum atomic E-state index is -3.68. The predicted octanol–water partition coefficient (Wildman–Crippen LogP) is 0.957. The molecule has 11 nitrogen and oxygen atoms in total. The minimum Gasteiger partial charge on any atom is -0.506 e. The van der Waals surface area contributed by atoms with Gasteiger partial charge in [-0.1, -0.05) is 0 Å². The number of thiophene rings is 1. The van der Waals surface area contributed by atoms with Crippen molar-refractivity contribution in [2.24, 2.45) is 0 Å². The van der Waals surface area contributed by atoms with E-state index in [-0.39, 0.29) is 17.4 Å². The van der Waals surface area contributed by atoms with Crippen molar-refractivity contribution in [2.75, 3.05) is 37.3 Å². The number of rotatable bonds is 5. The van der Waals surface area contributed by atoms with Crippen molar-refractivity contribution >= 4 is 39.0 Å². The SMILES string of the molecule is CS(=O)(=O)NC(=O)c1ccc(N2CCN(C(=O)c3cc(-c4cncc(O)c4)cs3)CC2)nn1. The van der Waals surface area contributed by atoms with Crippen LogP contribution in [0.3, 0.4) is 0 Å². The first-order valence-corrected chi connectivity index (χ1v) is 12.6. The molecular weight excluding hydrogens is 468 g/mol. The van der Waals surface area contributed by atoms with Crippen LogP contribution in [-0.4, -0.2) is 77.9 Å². The molecule has 0 saturated carbocycles. The molecule has 0 aromatic carbocycles. The number of sulfonamides is 1. The molecule has 0 spiro atoms. The zero-order valence-corrected chi connectivity index (χ0v) is 19.1. The van der Waals surface area contributed by atoms with E-state index in [0.29, 0.717) is 36.9 Å². The lowest BCUT2D eigenvalue weighted by Crippen LogP contribution is -2.49. The Bertz CT molecular complexity index is 1280. The van der Waals surface area contributed by atoms with Crippen LogP contribution in [0, 0.1) is 0 Å². The van der Waals surface area contributed by atoms with Crippen LogP contribution < -0.4 is 9.62 Å². The Balaban J connectivity index is 1.36. The Morgan fingerprint density at radius 1 is 1.06 bits per heavy atom. The number of hydrogen-bond donors (Lipinski definition) is 2. The highest BCUT2D eigenvalue weighted by Gasteiger charge is 2.24. The van der Waals surface area contributed by atoms with Crippen LogP contribution in [0.2, 0.25) is 0 Å². The number of nitrogens with one attached hydrogen (secondary N) is 1. The third-order valence-electron chi connectivity index (χ3n) is 4.92. The van der Waals surface area contributed by atoms with Gasteiger partial charge in [0.15, 0.2) is 11.5 Å². The standard InChI is InChI=1S/C20H20N6O5S2/c1-33(30,31)24-19(28)16-2-3-18(23-22-16)25-4-6-26(7-5-25)20(29)17-9-14(12-32-17)13-8-15(27)11-21-10-13/h2-3,8-12,27H,4-7H2,1H3,(H,24,28). The zero-order chi connectivity index (χ0) is 23.6. The molecule has 0 unspecified atom stereocenters. The van der Waals surface area contributed by atoms with E-state index in [0.717, 1.165) is 17.4 Å². The van der Waals surface area contributed by atoms with Crippen molar-refractivity contribution in [3.63, 3.8) is 0 Å². The van der Waals surface area contributed by atoms with Gasteiger partial charge in [-0.2, -0.15) is 0 Å². The van der Waals surface area contributed by atoms with Crippen LogP contribution in [0.1, 0.15) is 20.2 Å². The highest BCUT2D eigenvalue weighted by Crippen LogP contribution is 2.28. The predicted molar refractivity (Wildman–Crippen MR) is 122 cm³/mol. The Morgan fingerprint density at radius 3 is 2.45 bits per heavy atom. The van der Waals surface area contributed by atoms with Crippen molar-refractivity contribution in [3.8, 4) is 16.9 Å². The monoisotopic (exact) mass is 488 g/mol. The van der Waals surface area contributed by atoms with Crippen LogP contribution in [0.25, 0.3) is 11.1 Å². The molecule has 1 aliphatic heterocycles. The quantitative estimate of drug-likeness (QED) is 0.536. The maximum Gasteiger partial charge on any atom is 0.285 e. The molecule has 172 valence electrons. The lowest BCUT2D eigenvalue weighted by atomic mass is 10.1. The van der Waals surface area contributed by atoms with Crippen LogP contribution in [0.4, 0.5) is 5.82 Å². The second-order valence-corrected chi connectivity index (χ2v) is 10.1. The number of carbonyl (C=O) groups excluding carboxylic acids is 2. The normalized spacial score (nSPS) is 14.2. The Hall–Kier alpha value is -3.58. The van der Waals surface area contributed by atoms with Gasteiger partial charge in [0.25, 0.3) is 11.8 Å². The van der Waals surface area contributed by atoms with Gasteiger partial charge in [-0.3, -0.25) is 14.6 Å². The second-order valence-electron chi connectivity index (χ2n) is 7.39. The molecule has 3 aromatic heterocycles. The molecular formula is C20H20N6O5S2. The Morgan fingerprint density at radius 2 is 1.82 bits per heavy atom. The number of anilines is 1. The smallest absolute Gasteiger partial charge is 0.285 e. The first-order chi connectivity index (χ1) is 15.7. The fourth-order valence-corrected chi connectivity index (χ4v) is 4.64. The van der Waals surface area contributed by atoms with E-state index >= 15 is 0 Å². The molecule has 4 rings (SSSR count). The lowest BCUT2D eigenvalue weighted by Gasteiger charge is -2.35. The van der Waals surface area contributed by atoms with Crippen molar-refractivity contribution in [2.45, 2.75) is 0 Å². The van der Waals surface area contributed by atoms with Crippen LogP contribution in [-0.2, 0) is 10.0 Å². The summed E-state index contributed by atoms with van der Waals surface area (Å²) in [4.78, 5) is 33.0. The van der Waals surface area contributed by atoms with E-state index in [1.54, 1.807) is 29.3 Å². The molecule has 1 aliphatic rings. The number of aromatic nitrogens is 3. The molecule has 33 heavy (non-hydrogen) atoms. The van der Waals surface area contributed by atoms with Crippen LogP contribution in [0.5, 0.6) is 5.75 Å². The van der Waals surface area contributed by atoms with Gasteiger partial charge in [-0.15, -0.1) is 21.5 Å². The summed E-state index contributed by atoms with van der Waals surface area (Å²) in [6.45, 7) is 2.03. The van der Waals surface area contributed by atoms with Crippen LogP contribution >= 0.6 is 11.3 Å². The van der Waals surface area contributed by atoms with Gasteiger partial charge < -0.3 is 14.9 Å². The van der Waals surface area contributed by atoms with Crippen molar-refractivity contribution in [1.82, 2.24) is 24.8 Å². The molecule has 1 fully saturated rings. The Kier molecular flexibility index (Phi) is 6.24. The van der Waals surface area contributed by atoms with Gasteiger partial charge in [-0.05, 0) is 35.2 Å². The summed E-state index contributed by atoms with van der Waals surface area (Å²) in [5, 5.41) is 19.3. The number of amides is 2. The Labute approximate surface area is 193 Å². The van der Waals surface area contributed by atoms with Crippen molar-refractivity contribution < 1.29 is 23.1 Å². The fourth-order valence-electron chi connectivity index (χ4n) is 3.32. The number of aromatic hydroxyl groups is 1. The maximum atomic E-state index is 12.9. The van der Waals surface area contributed by atoms with Gasteiger partial charge in [0.1, 0.15) is 5.75 Å². The van der Waals surface area contributed by atoms with E-state index < -0.39 is 15.9 Å². The molecule has 13 heteroatoms. The van der Waals surface area contributed by atoms with Gasteiger partial charge in [0, 0.05) is 37.9 Å². The minimum absolute atomic E-state index is 0.0647. The summed E-state index contributed by atoms with van der Waals surface area (Å²) in [6, 6.07) is 6.39. The number of carbonyl (C=O) groups is 2. The van der Waals surface area contributed by atoms with Crippen molar-refractivity contribution in [3.05, 3.63) is 52.6 Å². The molecule has 4 heterocycles. The topological polar surface area (TPSA) is 146 Å². The van der Waals surface area contributed by atoms with Gasteiger partial charge in [-0.25, -0.2) is 13.1 Å². The second kappa shape index (κ2) is 9.11. The zero-order valence-electron chi connectivity index (χ0n) is 17.5. The molecule has 2 amide bonds. The number of nitrogens with zero attached hydrogens (tertiary/aromatic N) is 5. The van der Waals surface area contributed by atoms with E-state index in [4.69, 9.17) is 0 Å². The number of pyridine rings is 1. The molecule has 1 saturated heterocycles. The van der Waals surface area contributed by atoms with E-state index in [1.807, 2.05) is 15.0 Å². The first kappa shape index (κ1) is 22.6. The molecule has 0 radical (unpaired) electrons. The third-order valence-corrected chi connectivity index (χ3v) is 6.39. The molecule has 3 aromatic rings. The largest absolute Gasteiger partial charge is 0.506 e. The summed E-state index contributed by atoms with van der Waals surface area (Å²) in [6.07, 6.45) is 3.86. The maximum absolute atomic E-state index is 12.9. The summed E-state index contributed by atoms with van der Waals surface area (Å²) >= 11 is 1.34. The molecule has 0 atom stereocenters. The van der Waals surface area contributed by atoms with E-state index in [2.05, 4.69) is 15.2 Å². The summed E-state index contributed by atoms with van der Waals surface area (Å²) < 4.78 is 24.2. The first-order valence-electron chi connectivity index (χ1n) is 9.82. The van der Waals surface area contributed by atoms with Gasteiger partial charge in [0.2, 0.25) is 10.0 Å². The molecule has 2 N–H and O–H groups in total. The lowest BCUT2D eigenvalue weighted by molar-refractivity contribution is 0.0751. The highest BCUT2D eigenvalue weighted by molar-refractivity contribution is 7.89.